The van der Waals surface area contributed by atoms with Gasteiger partial charge in [-0.15, -0.1) is 0 Å². The lowest BCUT2D eigenvalue weighted by Crippen LogP contribution is -2.41. The molecule has 2 rings (SSSR count). The highest BCUT2D eigenvalue weighted by molar-refractivity contribution is 5.95. The highest BCUT2D eigenvalue weighted by Gasteiger charge is 2.24. The number of nitrogens with one attached hydrogen (secondary N) is 2. The second kappa shape index (κ2) is 9.42. The Kier molecular flexibility index (Phi) is 7.25. The fourth-order valence-corrected chi connectivity index (χ4v) is 2.80. The van der Waals surface area contributed by atoms with Gasteiger partial charge in [-0.05, 0) is 49.8 Å². The maximum Gasteiger partial charge on any atom is 0.243 e. The van der Waals surface area contributed by atoms with E-state index in [2.05, 4.69) is 29.4 Å². The van der Waals surface area contributed by atoms with E-state index in [9.17, 15) is 9.59 Å². The molecule has 0 heterocycles. The summed E-state index contributed by atoms with van der Waals surface area (Å²) in [6.07, 6.45) is 4.45. The van der Waals surface area contributed by atoms with Crippen molar-refractivity contribution in [3.8, 4) is 0 Å². The number of nitrogens with zero attached hydrogens (tertiary/aromatic N) is 1. The monoisotopic (exact) mass is 331 g/mol. The molecule has 0 atom stereocenters. The summed E-state index contributed by atoms with van der Waals surface area (Å²) in [6, 6.07) is 7.73. The van der Waals surface area contributed by atoms with E-state index in [-0.39, 0.29) is 18.4 Å². The van der Waals surface area contributed by atoms with E-state index in [0.29, 0.717) is 6.54 Å². The molecule has 0 aliphatic heterocycles. The van der Waals surface area contributed by atoms with Crippen molar-refractivity contribution in [1.82, 2.24) is 10.2 Å². The summed E-state index contributed by atoms with van der Waals surface area (Å²) in [6.45, 7) is 6.49. The molecule has 5 heteroatoms. The van der Waals surface area contributed by atoms with Crippen LogP contribution in [0.25, 0.3) is 0 Å². The van der Waals surface area contributed by atoms with Crippen LogP contribution < -0.4 is 10.6 Å². The van der Waals surface area contributed by atoms with Crippen molar-refractivity contribution in [1.29, 1.82) is 0 Å². The lowest BCUT2D eigenvalue weighted by molar-refractivity contribution is -0.125. The second-order valence-electron chi connectivity index (χ2n) is 6.51. The van der Waals surface area contributed by atoms with Gasteiger partial charge >= 0.3 is 0 Å². The lowest BCUT2D eigenvalue weighted by atomic mass is 10.1. The first-order valence-electron chi connectivity index (χ1n) is 8.99. The summed E-state index contributed by atoms with van der Waals surface area (Å²) in [4.78, 5) is 26.3. The summed E-state index contributed by atoms with van der Waals surface area (Å²) in [7, 11) is 0. The molecule has 2 amide bonds. The quantitative estimate of drug-likeness (QED) is 0.692. The molecule has 24 heavy (non-hydrogen) atoms. The Bertz CT molecular complexity index is 555. The van der Waals surface area contributed by atoms with Gasteiger partial charge in [-0.25, -0.2) is 0 Å². The molecule has 1 aliphatic carbocycles. The third-order valence-electron chi connectivity index (χ3n) is 4.24. The first-order valence-corrected chi connectivity index (χ1v) is 8.99. The van der Waals surface area contributed by atoms with Crippen molar-refractivity contribution in [2.75, 3.05) is 31.5 Å². The molecule has 0 radical (unpaired) electrons. The number of benzene rings is 1. The van der Waals surface area contributed by atoms with Crippen molar-refractivity contribution in [3.63, 3.8) is 0 Å². The van der Waals surface area contributed by atoms with Crippen LogP contribution in [-0.4, -0.2) is 42.9 Å². The van der Waals surface area contributed by atoms with Crippen LogP contribution in [0.15, 0.2) is 24.3 Å². The number of anilines is 1. The van der Waals surface area contributed by atoms with E-state index in [4.69, 9.17) is 0 Å². The van der Waals surface area contributed by atoms with Gasteiger partial charge in [0.1, 0.15) is 0 Å². The Hall–Kier alpha value is -1.88. The van der Waals surface area contributed by atoms with Gasteiger partial charge in [0.2, 0.25) is 11.8 Å². The summed E-state index contributed by atoms with van der Waals surface area (Å²) >= 11 is 0. The molecular formula is C19H29N3O2. The Morgan fingerprint density at radius 3 is 2.58 bits per heavy atom. The van der Waals surface area contributed by atoms with Crippen LogP contribution in [0.4, 0.5) is 5.69 Å². The smallest absolute Gasteiger partial charge is 0.243 e. The lowest BCUT2D eigenvalue weighted by Gasteiger charge is -2.20. The fraction of sp³-hybridized carbons (Fsp3) is 0.579. The fourth-order valence-electron chi connectivity index (χ4n) is 2.80. The zero-order valence-corrected chi connectivity index (χ0v) is 14.8. The first kappa shape index (κ1) is 18.5. The molecule has 0 saturated heterocycles. The van der Waals surface area contributed by atoms with E-state index in [1.165, 1.54) is 12.8 Å². The number of hydrogen-bond donors (Lipinski definition) is 2. The minimum Gasteiger partial charge on any atom is -0.346 e. The molecule has 1 aromatic carbocycles. The van der Waals surface area contributed by atoms with Gasteiger partial charge in [-0.1, -0.05) is 32.0 Å². The number of rotatable bonds is 10. The van der Waals surface area contributed by atoms with Gasteiger partial charge in [0.05, 0.1) is 13.1 Å². The van der Waals surface area contributed by atoms with E-state index in [1.54, 1.807) is 0 Å². The average molecular weight is 331 g/mol. The molecule has 0 unspecified atom stereocenters. The van der Waals surface area contributed by atoms with Gasteiger partial charge in [-0.2, -0.15) is 0 Å². The van der Waals surface area contributed by atoms with Crippen LogP contribution in [0.1, 0.15) is 38.7 Å². The minimum atomic E-state index is -0.187. The topological polar surface area (TPSA) is 61.4 Å². The average Bonchev–Trinajstić information content (AvgIpc) is 3.37. The van der Waals surface area contributed by atoms with Crippen LogP contribution in [-0.2, 0) is 16.0 Å². The molecule has 1 fully saturated rings. The predicted octanol–water partition coefficient (Wildman–Crippen LogP) is 2.43. The number of aryl methyl sites for hydroxylation is 1. The van der Waals surface area contributed by atoms with Crippen molar-refractivity contribution in [2.45, 2.75) is 39.5 Å². The van der Waals surface area contributed by atoms with Gasteiger partial charge < -0.3 is 10.6 Å². The highest BCUT2D eigenvalue weighted by atomic mass is 16.2. The summed E-state index contributed by atoms with van der Waals surface area (Å²) in [5.74, 6) is 0.495. The molecule has 1 aliphatic rings. The van der Waals surface area contributed by atoms with Crippen molar-refractivity contribution in [3.05, 3.63) is 29.8 Å². The maximum absolute atomic E-state index is 12.1. The zero-order valence-electron chi connectivity index (χ0n) is 14.8. The van der Waals surface area contributed by atoms with Gasteiger partial charge in [0.15, 0.2) is 0 Å². The largest absolute Gasteiger partial charge is 0.346 e. The molecule has 0 spiro atoms. The van der Waals surface area contributed by atoms with E-state index in [1.807, 2.05) is 24.3 Å². The summed E-state index contributed by atoms with van der Waals surface area (Å²) < 4.78 is 0. The van der Waals surface area contributed by atoms with Gasteiger partial charge in [0.25, 0.3) is 0 Å². The highest BCUT2D eigenvalue weighted by Crippen LogP contribution is 2.29. The SMILES string of the molecule is CCCN(CC(=O)NCC(=O)Nc1ccccc1CC)CC1CC1. The van der Waals surface area contributed by atoms with Crippen LogP contribution in [0, 0.1) is 5.92 Å². The van der Waals surface area contributed by atoms with Gasteiger partial charge in [0, 0.05) is 12.2 Å². The summed E-state index contributed by atoms with van der Waals surface area (Å²) in [5.41, 5.74) is 1.91. The molecule has 1 saturated carbocycles. The Morgan fingerprint density at radius 2 is 1.92 bits per heavy atom. The molecular weight excluding hydrogens is 302 g/mol. The van der Waals surface area contributed by atoms with Crippen molar-refractivity contribution in [2.24, 2.45) is 5.92 Å². The standard InChI is InChI=1S/C19H29N3O2/c1-3-11-22(13-15-9-10-15)14-19(24)20-12-18(23)21-17-8-6-5-7-16(17)4-2/h5-8,15H,3-4,9-14H2,1-2H3,(H,20,24)(H,21,23). The van der Waals surface area contributed by atoms with E-state index in [0.717, 1.165) is 43.1 Å². The van der Waals surface area contributed by atoms with Crippen LogP contribution >= 0.6 is 0 Å². The second-order valence-corrected chi connectivity index (χ2v) is 6.51. The molecule has 0 aromatic heterocycles. The van der Waals surface area contributed by atoms with Crippen LogP contribution in [0.2, 0.25) is 0 Å². The number of amides is 2. The molecule has 1 aromatic rings. The molecule has 132 valence electrons. The van der Waals surface area contributed by atoms with Crippen LogP contribution in [0.5, 0.6) is 0 Å². The molecule has 0 bridgehead atoms. The number of carbonyl (C=O) groups excluding carboxylic acids is 2. The predicted molar refractivity (Wildman–Crippen MR) is 96.9 cm³/mol. The molecule has 5 nitrogen and oxygen atoms in total. The van der Waals surface area contributed by atoms with E-state index >= 15 is 0 Å². The number of para-hydroxylation sites is 1. The normalized spacial score (nSPS) is 13.8. The summed E-state index contributed by atoms with van der Waals surface area (Å²) in [5, 5.41) is 5.60. The third-order valence-corrected chi connectivity index (χ3v) is 4.24. The van der Waals surface area contributed by atoms with E-state index < -0.39 is 0 Å². The number of hydrogen-bond acceptors (Lipinski definition) is 3. The minimum absolute atomic E-state index is 0.0142. The van der Waals surface area contributed by atoms with Crippen molar-refractivity contribution >= 4 is 17.5 Å². The molecule has 2 N–H and O–H groups in total. The third kappa shape index (κ3) is 6.32. The zero-order chi connectivity index (χ0) is 17.4. The van der Waals surface area contributed by atoms with Crippen molar-refractivity contribution < 1.29 is 9.59 Å². The first-order chi connectivity index (χ1) is 11.6. The van der Waals surface area contributed by atoms with Gasteiger partial charge in [-0.3, -0.25) is 14.5 Å². The Balaban J connectivity index is 1.74. The Labute approximate surface area is 144 Å². The Morgan fingerprint density at radius 1 is 1.17 bits per heavy atom. The number of carbonyl (C=O) groups is 2. The maximum atomic E-state index is 12.1. The van der Waals surface area contributed by atoms with Crippen LogP contribution in [0.3, 0.4) is 0 Å².